The van der Waals surface area contributed by atoms with Crippen molar-refractivity contribution in [1.29, 1.82) is 0 Å². The van der Waals surface area contributed by atoms with Crippen molar-refractivity contribution in [2.45, 2.75) is 70.7 Å². The van der Waals surface area contributed by atoms with E-state index >= 15 is 0 Å². The van der Waals surface area contributed by atoms with E-state index in [1.807, 2.05) is 6.92 Å². The molecule has 0 bridgehead atoms. The van der Waals surface area contributed by atoms with Crippen LogP contribution >= 0.6 is 0 Å². The minimum Gasteiger partial charge on any atom is -0.467 e. The molecule has 1 aliphatic heterocycles. The van der Waals surface area contributed by atoms with Crippen molar-refractivity contribution in [1.82, 2.24) is 15.0 Å². The molecule has 2 heterocycles. The van der Waals surface area contributed by atoms with Gasteiger partial charge in [0, 0.05) is 6.42 Å². The molecule has 1 aliphatic rings. The summed E-state index contributed by atoms with van der Waals surface area (Å²) >= 11 is 0. The van der Waals surface area contributed by atoms with Crippen LogP contribution in [0.25, 0.3) is 10.9 Å². The van der Waals surface area contributed by atoms with E-state index in [-0.39, 0.29) is 18.4 Å². The average molecular weight is 489 g/mol. The number of esters is 2. The summed E-state index contributed by atoms with van der Waals surface area (Å²) in [5.41, 5.74) is -0.458. The third-order valence-corrected chi connectivity index (χ3v) is 5.64. The largest absolute Gasteiger partial charge is 0.467 e. The fourth-order valence-corrected chi connectivity index (χ4v) is 4.03. The van der Waals surface area contributed by atoms with Gasteiger partial charge in [-0.15, -0.1) is 0 Å². The predicted octanol–water partition coefficient (Wildman–Crippen LogP) is 1.67. The second-order valence-corrected chi connectivity index (χ2v) is 9.23. The molecule has 1 N–H and O–H groups in total. The molecule has 0 radical (unpaired) electrons. The van der Waals surface area contributed by atoms with Gasteiger partial charge < -0.3 is 19.5 Å². The van der Waals surface area contributed by atoms with E-state index in [0.29, 0.717) is 23.1 Å². The van der Waals surface area contributed by atoms with E-state index < -0.39 is 41.8 Å². The van der Waals surface area contributed by atoms with Crippen LogP contribution in [0, 0.1) is 0 Å². The lowest BCUT2D eigenvalue weighted by Crippen LogP contribution is -2.44. The highest BCUT2D eigenvalue weighted by Crippen LogP contribution is 2.32. The predicted molar refractivity (Wildman–Crippen MR) is 128 cm³/mol. The minimum absolute atomic E-state index is 0.151. The quantitative estimate of drug-likeness (QED) is 0.335. The molecule has 0 saturated carbocycles. The zero-order valence-electron chi connectivity index (χ0n) is 20.9. The fraction of sp³-hybridized carbons (Fsp3) is 0.542. The number of fused-ring (bicyclic) bond motifs is 1. The first-order valence-electron chi connectivity index (χ1n) is 11.5. The van der Waals surface area contributed by atoms with Gasteiger partial charge in [-0.3, -0.25) is 9.80 Å². The topological polar surface area (TPSA) is 129 Å². The number of methoxy groups -OCH3 is 2. The van der Waals surface area contributed by atoms with E-state index in [4.69, 9.17) is 14.2 Å². The van der Waals surface area contributed by atoms with Gasteiger partial charge >= 0.3 is 18.0 Å². The van der Waals surface area contributed by atoms with Crippen molar-refractivity contribution in [2.24, 2.45) is 0 Å². The highest BCUT2D eigenvalue weighted by Gasteiger charge is 2.55. The second kappa shape index (κ2) is 10.3. The molecule has 1 amide bonds. The van der Waals surface area contributed by atoms with Gasteiger partial charge in [0.2, 0.25) is 0 Å². The fourth-order valence-electron chi connectivity index (χ4n) is 4.03. The zero-order valence-corrected chi connectivity index (χ0v) is 20.9. The number of carbonyl (C=O) groups is 3. The first kappa shape index (κ1) is 26.0. The second-order valence-electron chi connectivity index (χ2n) is 9.23. The number of hydrogen-bond acceptors (Lipinski definition) is 9. The van der Waals surface area contributed by atoms with Crippen LogP contribution in [0.5, 0.6) is 0 Å². The lowest BCUT2D eigenvalue weighted by molar-refractivity contribution is -0.143. The van der Waals surface area contributed by atoms with E-state index in [9.17, 15) is 19.2 Å². The zero-order chi connectivity index (χ0) is 25.9. The SMILES string of the molecule is CCc1nc2ccccc2c(=O)n1N1C(CC[C@H](NC(=O)OC(C)(C)C)C(=O)OC)C1C(=O)OC. The third-order valence-electron chi connectivity index (χ3n) is 5.64. The van der Waals surface area contributed by atoms with E-state index in [1.165, 1.54) is 18.9 Å². The monoisotopic (exact) mass is 488 g/mol. The summed E-state index contributed by atoms with van der Waals surface area (Å²) in [7, 11) is 2.50. The molecule has 1 aromatic heterocycles. The Morgan fingerprint density at radius 2 is 1.83 bits per heavy atom. The number of amides is 1. The molecule has 190 valence electrons. The van der Waals surface area contributed by atoms with Crippen molar-refractivity contribution in [3.63, 3.8) is 0 Å². The molecule has 2 unspecified atom stereocenters. The number of alkyl carbamates (subject to hydrolysis) is 1. The van der Waals surface area contributed by atoms with E-state index in [0.717, 1.165) is 0 Å². The molecule has 11 nitrogen and oxygen atoms in total. The number of ether oxygens (including phenoxy) is 3. The highest BCUT2D eigenvalue weighted by atomic mass is 16.6. The Morgan fingerprint density at radius 1 is 1.14 bits per heavy atom. The maximum atomic E-state index is 13.3. The molecular weight excluding hydrogens is 456 g/mol. The maximum absolute atomic E-state index is 13.3. The summed E-state index contributed by atoms with van der Waals surface area (Å²) in [5, 5.41) is 4.57. The van der Waals surface area contributed by atoms with Gasteiger partial charge in [-0.05, 0) is 45.7 Å². The summed E-state index contributed by atoms with van der Waals surface area (Å²) in [5.74, 6) is -0.648. The Hall–Kier alpha value is -3.63. The Bertz CT molecular complexity index is 1170. The molecule has 0 spiro atoms. The van der Waals surface area contributed by atoms with Gasteiger partial charge in [-0.1, -0.05) is 19.1 Å². The van der Waals surface area contributed by atoms with Crippen LogP contribution in [-0.2, 0) is 30.2 Å². The smallest absolute Gasteiger partial charge is 0.408 e. The van der Waals surface area contributed by atoms with Crippen LogP contribution in [0.15, 0.2) is 29.1 Å². The normalized spacial score (nSPS) is 18.1. The molecule has 3 rings (SSSR count). The maximum Gasteiger partial charge on any atom is 0.408 e. The molecule has 1 fully saturated rings. The molecule has 0 aliphatic carbocycles. The highest BCUT2D eigenvalue weighted by molar-refractivity contribution is 5.85. The number of nitrogens with one attached hydrogen (secondary N) is 1. The van der Waals surface area contributed by atoms with Gasteiger partial charge in [0.05, 0.1) is 31.2 Å². The Labute approximate surface area is 203 Å². The number of aromatic nitrogens is 2. The Kier molecular flexibility index (Phi) is 7.67. The van der Waals surface area contributed by atoms with Crippen molar-refractivity contribution in [3.05, 3.63) is 40.4 Å². The van der Waals surface area contributed by atoms with Crippen LogP contribution in [0.2, 0.25) is 0 Å². The number of hydrogen-bond donors (Lipinski definition) is 1. The van der Waals surface area contributed by atoms with Crippen LogP contribution in [0.4, 0.5) is 4.79 Å². The Balaban J connectivity index is 1.87. The minimum atomic E-state index is -0.993. The van der Waals surface area contributed by atoms with Crippen molar-refractivity contribution < 1.29 is 28.6 Å². The van der Waals surface area contributed by atoms with E-state index in [1.54, 1.807) is 50.0 Å². The molecule has 2 aromatic rings. The Morgan fingerprint density at radius 3 is 2.43 bits per heavy atom. The van der Waals surface area contributed by atoms with Gasteiger partial charge in [-0.25, -0.2) is 24.0 Å². The van der Waals surface area contributed by atoms with Gasteiger partial charge in [0.15, 0.2) is 6.04 Å². The van der Waals surface area contributed by atoms with Crippen LogP contribution in [0.3, 0.4) is 0 Å². The van der Waals surface area contributed by atoms with Crippen LogP contribution < -0.4 is 15.9 Å². The van der Waals surface area contributed by atoms with Crippen LogP contribution in [-0.4, -0.2) is 65.6 Å². The number of aryl methyl sites for hydroxylation is 1. The first-order chi connectivity index (χ1) is 16.5. The lowest BCUT2D eigenvalue weighted by Gasteiger charge is -2.22. The number of rotatable bonds is 8. The molecular formula is C24H32N4O7. The average Bonchev–Trinajstić information content (AvgIpc) is 3.52. The van der Waals surface area contributed by atoms with E-state index in [2.05, 4.69) is 10.3 Å². The summed E-state index contributed by atoms with van der Waals surface area (Å²) in [6.07, 6.45) is 0.144. The first-order valence-corrected chi connectivity index (χ1v) is 11.5. The molecule has 3 atom stereocenters. The number of nitrogens with zero attached hydrogens (tertiary/aromatic N) is 3. The number of carbonyl (C=O) groups excluding carboxylic acids is 3. The molecule has 1 aromatic carbocycles. The van der Waals surface area contributed by atoms with Crippen LogP contribution in [0.1, 0.15) is 46.4 Å². The standard InChI is InChI=1S/C24H32N4O7/c1-7-18-25-15-11-9-8-10-14(15)20(29)28(18)27-17(19(27)22(31)34-6)13-12-16(21(30)33-5)26-23(32)35-24(2,3)4/h8-11,16-17,19H,7,12-13H2,1-6H3,(H,26,32)/t16-,17?,19?,27?/m0/s1. The molecule has 11 heteroatoms. The molecule has 1 saturated heterocycles. The number of para-hydroxylation sites is 1. The summed E-state index contributed by atoms with van der Waals surface area (Å²) < 4.78 is 16.4. The van der Waals surface area contributed by atoms with Gasteiger partial charge in [0.25, 0.3) is 5.56 Å². The van der Waals surface area contributed by atoms with Crippen molar-refractivity contribution in [3.8, 4) is 0 Å². The molecule has 35 heavy (non-hydrogen) atoms. The summed E-state index contributed by atoms with van der Waals surface area (Å²) in [6.45, 7) is 7.01. The third kappa shape index (κ3) is 5.72. The summed E-state index contributed by atoms with van der Waals surface area (Å²) in [4.78, 5) is 55.0. The van der Waals surface area contributed by atoms with Crippen molar-refractivity contribution in [2.75, 3.05) is 19.2 Å². The number of benzene rings is 1. The van der Waals surface area contributed by atoms with Gasteiger partial charge in [0.1, 0.15) is 17.5 Å². The van der Waals surface area contributed by atoms with Crippen molar-refractivity contribution >= 4 is 28.9 Å². The summed E-state index contributed by atoms with van der Waals surface area (Å²) in [6, 6.07) is 4.84. The van der Waals surface area contributed by atoms with Gasteiger partial charge in [-0.2, -0.15) is 0 Å². The lowest BCUT2D eigenvalue weighted by atomic mass is 10.1.